The third kappa shape index (κ3) is 3.76. The zero-order valence-electron chi connectivity index (χ0n) is 13.3. The van der Waals surface area contributed by atoms with Crippen molar-refractivity contribution in [3.05, 3.63) is 64.1 Å². The van der Waals surface area contributed by atoms with E-state index in [0.717, 1.165) is 28.0 Å². The molecule has 0 saturated carbocycles. The second-order valence-corrected chi connectivity index (χ2v) is 6.50. The number of aromatic nitrogens is 2. The minimum absolute atomic E-state index is 0.212. The Labute approximate surface area is 147 Å². The number of carbonyl (C=O) groups is 2. The molecule has 1 aromatic carbocycles. The van der Waals surface area contributed by atoms with Gasteiger partial charge in [-0.2, -0.15) is 5.10 Å². The summed E-state index contributed by atoms with van der Waals surface area (Å²) in [6.45, 7) is 1.89. The average Bonchev–Trinajstić information content (AvgIpc) is 3.32. The highest BCUT2D eigenvalue weighted by Gasteiger charge is 2.16. The quantitative estimate of drug-likeness (QED) is 0.416. The SMILES string of the molecule is CC(NC(=O)c1ccc(C(=O)NO)s1)c1cccc(-c2cn[nH]c2)c1. The van der Waals surface area contributed by atoms with Crippen LogP contribution in [0.4, 0.5) is 0 Å². The Morgan fingerprint density at radius 1 is 1.16 bits per heavy atom. The molecule has 3 aromatic rings. The molecule has 2 aromatic heterocycles. The van der Waals surface area contributed by atoms with Crippen LogP contribution in [-0.2, 0) is 0 Å². The molecule has 1 atom stereocenters. The summed E-state index contributed by atoms with van der Waals surface area (Å²) in [5, 5.41) is 18.3. The van der Waals surface area contributed by atoms with Crippen LogP contribution in [0, 0.1) is 0 Å². The van der Waals surface area contributed by atoms with Crippen LogP contribution in [0.2, 0.25) is 0 Å². The molecule has 0 radical (unpaired) electrons. The van der Waals surface area contributed by atoms with Crippen molar-refractivity contribution in [3.63, 3.8) is 0 Å². The molecule has 0 aliphatic rings. The van der Waals surface area contributed by atoms with E-state index in [1.165, 1.54) is 6.07 Å². The fourth-order valence-corrected chi connectivity index (χ4v) is 3.18. The summed E-state index contributed by atoms with van der Waals surface area (Å²) in [6.07, 6.45) is 3.55. The first-order valence-electron chi connectivity index (χ1n) is 7.52. The van der Waals surface area contributed by atoms with E-state index in [0.29, 0.717) is 4.88 Å². The van der Waals surface area contributed by atoms with Crippen molar-refractivity contribution < 1.29 is 14.8 Å². The van der Waals surface area contributed by atoms with Gasteiger partial charge in [-0.05, 0) is 36.2 Å². The van der Waals surface area contributed by atoms with Crippen LogP contribution < -0.4 is 10.8 Å². The first kappa shape index (κ1) is 16.9. The lowest BCUT2D eigenvalue weighted by Gasteiger charge is -2.14. The van der Waals surface area contributed by atoms with E-state index in [9.17, 15) is 9.59 Å². The second kappa shape index (κ2) is 7.29. The van der Waals surface area contributed by atoms with Gasteiger partial charge in [0.1, 0.15) is 0 Å². The summed E-state index contributed by atoms with van der Waals surface area (Å²) in [5.74, 6) is -0.909. The number of aromatic amines is 1. The van der Waals surface area contributed by atoms with Crippen molar-refractivity contribution in [2.45, 2.75) is 13.0 Å². The van der Waals surface area contributed by atoms with Crippen molar-refractivity contribution in [2.24, 2.45) is 0 Å². The lowest BCUT2D eigenvalue weighted by Crippen LogP contribution is -2.25. The monoisotopic (exact) mass is 356 g/mol. The van der Waals surface area contributed by atoms with Crippen molar-refractivity contribution in [1.82, 2.24) is 21.0 Å². The molecule has 7 nitrogen and oxygen atoms in total. The van der Waals surface area contributed by atoms with E-state index in [-0.39, 0.29) is 16.8 Å². The first-order valence-corrected chi connectivity index (χ1v) is 8.34. The van der Waals surface area contributed by atoms with Crippen molar-refractivity contribution in [2.75, 3.05) is 0 Å². The Bertz CT molecular complexity index is 889. The number of amides is 2. The molecule has 0 aliphatic heterocycles. The minimum atomic E-state index is -0.634. The average molecular weight is 356 g/mol. The summed E-state index contributed by atoms with van der Waals surface area (Å²) >= 11 is 1.02. The molecule has 1 unspecified atom stereocenters. The summed E-state index contributed by atoms with van der Waals surface area (Å²) in [5.41, 5.74) is 4.48. The number of hydrogen-bond acceptors (Lipinski definition) is 5. The Balaban J connectivity index is 1.72. The van der Waals surface area contributed by atoms with Crippen molar-refractivity contribution in [1.29, 1.82) is 0 Å². The molecule has 0 aliphatic carbocycles. The fourth-order valence-electron chi connectivity index (χ4n) is 2.38. The third-order valence-corrected chi connectivity index (χ3v) is 4.80. The lowest BCUT2D eigenvalue weighted by molar-refractivity contribution is 0.0711. The zero-order chi connectivity index (χ0) is 17.8. The van der Waals surface area contributed by atoms with Gasteiger partial charge < -0.3 is 5.32 Å². The fraction of sp³-hybridized carbons (Fsp3) is 0.118. The molecular weight excluding hydrogens is 340 g/mol. The Morgan fingerprint density at radius 2 is 1.92 bits per heavy atom. The van der Waals surface area contributed by atoms with Crippen molar-refractivity contribution >= 4 is 23.2 Å². The molecule has 8 heteroatoms. The maximum absolute atomic E-state index is 12.4. The van der Waals surface area contributed by atoms with Crippen LogP contribution in [-0.4, -0.2) is 27.2 Å². The molecule has 0 spiro atoms. The number of hydroxylamine groups is 1. The largest absolute Gasteiger partial charge is 0.345 e. The van der Waals surface area contributed by atoms with E-state index >= 15 is 0 Å². The second-order valence-electron chi connectivity index (χ2n) is 5.41. The van der Waals surface area contributed by atoms with Crippen LogP contribution in [0.3, 0.4) is 0 Å². The molecule has 2 amide bonds. The van der Waals surface area contributed by atoms with Crippen LogP contribution in [0.25, 0.3) is 11.1 Å². The van der Waals surface area contributed by atoms with E-state index in [1.54, 1.807) is 17.7 Å². The Hall–Kier alpha value is -2.97. The molecule has 128 valence electrons. The molecule has 0 fully saturated rings. The molecule has 25 heavy (non-hydrogen) atoms. The van der Waals surface area contributed by atoms with E-state index in [2.05, 4.69) is 15.5 Å². The number of nitrogens with one attached hydrogen (secondary N) is 3. The highest BCUT2D eigenvalue weighted by Crippen LogP contribution is 2.23. The van der Waals surface area contributed by atoms with Crippen LogP contribution in [0.5, 0.6) is 0 Å². The van der Waals surface area contributed by atoms with E-state index in [1.807, 2.05) is 37.4 Å². The van der Waals surface area contributed by atoms with Gasteiger partial charge in [0.05, 0.1) is 22.0 Å². The van der Waals surface area contributed by atoms with Crippen LogP contribution in [0.1, 0.15) is 37.9 Å². The van der Waals surface area contributed by atoms with Gasteiger partial charge in [0, 0.05) is 11.8 Å². The topological polar surface area (TPSA) is 107 Å². The maximum atomic E-state index is 12.4. The summed E-state index contributed by atoms with van der Waals surface area (Å²) in [4.78, 5) is 24.4. The Morgan fingerprint density at radius 3 is 2.60 bits per heavy atom. The summed E-state index contributed by atoms with van der Waals surface area (Å²) in [6, 6.07) is 10.7. The number of rotatable bonds is 5. The van der Waals surface area contributed by atoms with Crippen molar-refractivity contribution in [3.8, 4) is 11.1 Å². The predicted octanol–water partition coefficient (Wildman–Crippen LogP) is 2.75. The Kier molecular flexibility index (Phi) is 4.92. The molecular formula is C17H16N4O3S. The van der Waals surface area contributed by atoms with Gasteiger partial charge in [-0.25, -0.2) is 5.48 Å². The maximum Gasteiger partial charge on any atom is 0.284 e. The van der Waals surface area contributed by atoms with Gasteiger partial charge in [-0.15, -0.1) is 11.3 Å². The number of nitrogens with zero attached hydrogens (tertiary/aromatic N) is 1. The van der Waals surface area contributed by atoms with Gasteiger partial charge >= 0.3 is 0 Å². The standard InChI is InChI=1S/C17H16N4O3S/c1-10(11-3-2-4-12(7-11)13-8-18-19-9-13)20-16(22)14-5-6-15(25-14)17(23)21-24/h2-10,24H,1H3,(H,18,19)(H,20,22)(H,21,23). The van der Waals surface area contributed by atoms with Crippen LogP contribution in [0.15, 0.2) is 48.8 Å². The van der Waals surface area contributed by atoms with Crippen LogP contribution >= 0.6 is 11.3 Å². The molecule has 4 N–H and O–H groups in total. The van der Waals surface area contributed by atoms with E-state index in [4.69, 9.17) is 5.21 Å². The lowest BCUT2D eigenvalue weighted by atomic mass is 10.0. The highest BCUT2D eigenvalue weighted by atomic mass is 32.1. The number of hydrogen-bond donors (Lipinski definition) is 4. The molecule has 2 heterocycles. The summed E-state index contributed by atoms with van der Waals surface area (Å²) in [7, 11) is 0. The first-order chi connectivity index (χ1) is 12.1. The zero-order valence-corrected chi connectivity index (χ0v) is 14.1. The molecule has 3 rings (SSSR count). The predicted molar refractivity (Wildman–Crippen MR) is 93.5 cm³/mol. The smallest absolute Gasteiger partial charge is 0.284 e. The van der Waals surface area contributed by atoms with Gasteiger partial charge in [0.15, 0.2) is 0 Å². The third-order valence-electron chi connectivity index (χ3n) is 3.72. The van der Waals surface area contributed by atoms with Gasteiger partial charge in [0.2, 0.25) is 0 Å². The number of carbonyl (C=O) groups excluding carboxylic acids is 2. The number of benzene rings is 1. The summed E-state index contributed by atoms with van der Waals surface area (Å²) < 4.78 is 0. The number of thiophene rings is 1. The minimum Gasteiger partial charge on any atom is -0.345 e. The van der Waals surface area contributed by atoms with Gasteiger partial charge in [-0.1, -0.05) is 18.2 Å². The molecule has 0 saturated heterocycles. The van der Waals surface area contributed by atoms with Gasteiger partial charge in [0.25, 0.3) is 11.8 Å². The number of H-pyrrole nitrogens is 1. The van der Waals surface area contributed by atoms with E-state index < -0.39 is 5.91 Å². The molecule has 0 bridgehead atoms. The highest BCUT2D eigenvalue weighted by molar-refractivity contribution is 7.15. The normalized spacial score (nSPS) is 11.8. The van der Waals surface area contributed by atoms with Gasteiger partial charge in [-0.3, -0.25) is 19.9 Å².